The van der Waals surface area contributed by atoms with Crippen LogP contribution in [0.3, 0.4) is 0 Å². The minimum absolute atomic E-state index is 0.546. The molecule has 0 aromatic carbocycles. The molecule has 0 amide bonds. The third-order valence-corrected chi connectivity index (χ3v) is 6.22. The largest absolute Gasteiger partial charge is 0.316 e. The Hall–Kier alpha value is -0.540. The number of nitrogens with one attached hydrogen (secondary N) is 1. The van der Waals surface area contributed by atoms with E-state index in [1.165, 1.54) is 31.4 Å². The van der Waals surface area contributed by atoms with Crippen LogP contribution in [0.15, 0.2) is 0 Å². The van der Waals surface area contributed by atoms with E-state index in [9.17, 15) is 0 Å². The maximum absolute atomic E-state index is 6.58. The number of hydrogen-bond acceptors (Lipinski definition) is 2. The normalized spacial score (nSPS) is 29.2. The first-order chi connectivity index (χ1) is 10.2. The quantitative estimate of drug-likeness (QED) is 0.868. The first-order valence-corrected chi connectivity index (χ1v) is 8.96. The first kappa shape index (κ1) is 15.4. The van der Waals surface area contributed by atoms with Crippen molar-refractivity contribution in [1.29, 1.82) is 0 Å². The summed E-state index contributed by atoms with van der Waals surface area (Å²) in [6.07, 6.45) is 7.71. The number of hydrogen-bond donors (Lipinski definition) is 1. The van der Waals surface area contributed by atoms with Crippen molar-refractivity contribution in [2.75, 3.05) is 7.05 Å². The molecule has 2 aliphatic rings. The van der Waals surface area contributed by atoms with E-state index >= 15 is 0 Å². The molecule has 0 aliphatic heterocycles. The highest BCUT2D eigenvalue weighted by Gasteiger charge is 2.43. The van der Waals surface area contributed by atoms with Crippen LogP contribution in [0, 0.1) is 17.8 Å². The fourth-order valence-electron chi connectivity index (χ4n) is 4.67. The van der Waals surface area contributed by atoms with Crippen LogP contribution in [0.5, 0.6) is 0 Å². The molecule has 1 N–H and O–H groups in total. The van der Waals surface area contributed by atoms with Gasteiger partial charge in [-0.1, -0.05) is 24.9 Å². The maximum Gasteiger partial charge on any atom is 0.0850 e. The average Bonchev–Trinajstić information content (AvgIpc) is 3.19. The summed E-state index contributed by atoms with van der Waals surface area (Å²) in [6.45, 7) is 5.18. The summed E-state index contributed by atoms with van der Waals surface area (Å²) in [7, 11) is 2.11. The van der Waals surface area contributed by atoms with Crippen LogP contribution in [-0.4, -0.2) is 22.9 Å². The van der Waals surface area contributed by atoms with Gasteiger partial charge in [0, 0.05) is 19.0 Å². The Kier molecular flexibility index (Phi) is 4.60. The number of halogens is 1. The van der Waals surface area contributed by atoms with Crippen LogP contribution in [0.1, 0.15) is 50.9 Å². The van der Waals surface area contributed by atoms with Crippen LogP contribution < -0.4 is 5.32 Å². The SMILES string of the molecule is CCc1nn(CC)c(CC(NC)C2CC3CCC2C3)c1Cl. The van der Waals surface area contributed by atoms with Crippen molar-refractivity contribution in [1.82, 2.24) is 15.1 Å². The van der Waals surface area contributed by atoms with Gasteiger partial charge < -0.3 is 5.32 Å². The van der Waals surface area contributed by atoms with E-state index in [1.807, 2.05) is 0 Å². The maximum atomic E-state index is 6.58. The summed E-state index contributed by atoms with van der Waals surface area (Å²) < 4.78 is 2.11. The molecule has 2 aliphatic carbocycles. The van der Waals surface area contributed by atoms with Gasteiger partial charge in [-0.05, 0) is 57.4 Å². The molecule has 2 saturated carbocycles. The highest BCUT2D eigenvalue weighted by Crippen LogP contribution is 2.50. The number of aromatic nitrogens is 2. The second-order valence-corrected chi connectivity index (χ2v) is 7.19. The van der Waals surface area contributed by atoms with Crippen molar-refractivity contribution < 1.29 is 0 Å². The average molecular weight is 310 g/mol. The Labute approximate surface area is 133 Å². The van der Waals surface area contributed by atoms with E-state index in [4.69, 9.17) is 11.6 Å². The van der Waals surface area contributed by atoms with Gasteiger partial charge in [0.05, 0.1) is 16.4 Å². The molecule has 1 heterocycles. The van der Waals surface area contributed by atoms with Crippen molar-refractivity contribution in [3.05, 3.63) is 16.4 Å². The van der Waals surface area contributed by atoms with Crippen LogP contribution in [0.4, 0.5) is 0 Å². The molecule has 2 fully saturated rings. The lowest BCUT2D eigenvalue weighted by atomic mass is 9.81. The van der Waals surface area contributed by atoms with Gasteiger partial charge in [-0.15, -0.1) is 0 Å². The van der Waals surface area contributed by atoms with E-state index in [0.29, 0.717) is 6.04 Å². The van der Waals surface area contributed by atoms with Gasteiger partial charge in [0.25, 0.3) is 0 Å². The Balaban J connectivity index is 1.79. The van der Waals surface area contributed by atoms with Gasteiger partial charge >= 0.3 is 0 Å². The zero-order valence-electron chi connectivity index (χ0n) is 13.5. The molecule has 0 radical (unpaired) electrons. The zero-order valence-corrected chi connectivity index (χ0v) is 14.3. The number of nitrogens with zero attached hydrogens (tertiary/aromatic N) is 2. The third-order valence-electron chi connectivity index (χ3n) is 5.79. The second kappa shape index (κ2) is 6.29. The summed E-state index contributed by atoms with van der Waals surface area (Å²) in [5.74, 6) is 2.76. The van der Waals surface area contributed by atoms with E-state index in [-0.39, 0.29) is 0 Å². The Morgan fingerprint density at radius 3 is 2.67 bits per heavy atom. The predicted molar refractivity (Wildman–Crippen MR) is 87.8 cm³/mol. The van der Waals surface area contributed by atoms with Crippen LogP contribution in [0.2, 0.25) is 5.02 Å². The standard InChI is InChI=1S/C17H28ClN3/c1-4-14-17(18)16(21(5-2)20-14)10-15(19-3)13-9-11-6-7-12(13)8-11/h11-13,15,19H,4-10H2,1-3H3. The highest BCUT2D eigenvalue weighted by atomic mass is 35.5. The fraction of sp³-hybridized carbons (Fsp3) is 0.824. The Bertz CT molecular complexity index is 496. The molecule has 21 heavy (non-hydrogen) atoms. The molecule has 4 unspecified atom stereocenters. The zero-order chi connectivity index (χ0) is 15.0. The van der Waals surface area contributed by atoms with Crippen molar-refractivity contribution in [2.45, 2.75) is 65.0 Å². The topological polar surface area (TPSA) is 29.9 Å². The Morgan fingerprint density at radius 1 is 1.33 bits per heavy atom. The van der Waals surface area contributed by atoms with E-state index < -0.39 is 0 Å². The molecule has 2 bridgehead atoms. The van der Waals surface area contributed by atoms with Gasteiger partial charge in [-0.3, -0.25) is 4.68 Å². The van der Waals surface area contributed by atoms with Crippen molar-refractivity contribution >= 4 is 11.6 Å². The summed E-state index contributed by atoms with van der Waals surface area (Å²) >= 11 is 6.58. The van der Waals surface area contributed by atoms with Crippen molar-refractivity contribution in [3.8, 4) is 0 Å². The van der Waals surface area contributed by atoms with Gasteiger partial charge in [0.2, 0.25) is 0 Å². The van der Waals surface area contributed by atoms with Crippen LogP contribution >= 0.6 is 11.6 Å². The smallest absolute Gasteiger partial charge is 0.0850 e. The first-order valence-electron chi connectivity index (χ1n) is 8.59. The second-order valence-electron chi connectivity index (χ2n) is 6.81. The molecule has 0 spiro atoms. The van der Waals surface area contributed by atoms with Crippen molar-refractivity contribution in [2.24, 2.45) is 17.8 Å². The van der Waals surface area contributed by atoms with Gasteiger partial charge in [-0.25, -0.2) is 0 Å². The predicted octanol–water partition coefficient (Wildman–Crippen LogP) is 3.69. The lowest BCUT2D eigenvalue weighted by molar-refractivity contribution is 0.253. The number of aryl methyl sites for hydroxylation is 2. The van der Waals surface area contributed by atoms with Gasteiger partial charge in [0.1, 0.15) is 0 Å². The lowest BCUT2D eigenvalue weighted by Crippen LogP contribution is -2.38. The molecule has 0 saturated heterocycles. The third kappa shape index (κ3) is 2.75. The summed E-state index contributed by atoms with van der Waals surface area (Å²) in [5, 5.41) is 9.15. The van der Waals surface area contributed by atoms with Crippen LogP contribution in [0.25, 0.3) is 0 Å². The van der Waals surface area contributed by atoms with E-state index in [0.717, 1.165) is 47.9 Å². The summed E-state index contributed by atoms with van der Waals surface area (Å²) in [5.41, 5.74) is 2.29. The summed E-state index contributed by atoms with van der Waals surface area (Å²) in [4.78, 5) is 0. The lowest BCUT2D eigenvalue weighted by Gasteiger charge is -2.30. The molecular weight excluding hydrogens is 282 g/mol. The highest BCUT2D eigenvalue weighted by molar-refractivity contribution is 6.31. The molecule has 118 valence electrons. The number of rotatable bonds is 6. The summed E-state index contributed by atoms with van der Waals surface area (Å²) in [6, 6.07) is 0.546. The monoisotopic (exact) mass is 309 g/mol. The molecule has 1 aromatic heterocycles. The number of likely N-dealkylation sites (N-methyl/N-ethyl adjacent to an activating group) is 1. The molecule has 4 heteroatoms. The van der Waals surface area contributed by atoms with Gasteiger partial charge in [-0.2, -0.15) is 5.10 Å². The molecular formula is C17H28ClN3. The minimum atomic E-state index is 0.546. The molecule has 3 rings (SSSR count). The number of fused-ring (bicyclic) bond motifs is 2. The fourth-order valence-corrected chi connectivity index (χ4v) is 5.02. The van der Waals surface area contributed by atoms with E-state index in [2.05, 4.69) is 36.0 Å². The van der Waals surface area contributed by atoms with Crippen molar-refractivity contribution in [3.63, 3.8) is 0 Å². The van der Waals surface area contributed by atoms with Crippen LogP contribution in [-0.2, 0) is 19.4 Å². The van der Waals surface area contributed by atoms with Gasteiger partial charge in [0.15, 0.2) is 0 Å². The minimum Gasteiger partial charge on any atom is -0.316 e. The van der Waals surface area contributed by atoms with E-state index in [1.54, 1.807) is 0 Å². The molecule has 1 aromatic rings. The molecule has 4 atom stereocenters. The molecule has 3 nitrogen and oxygen atoms in total. The Morgan fingerprint density at radius 2 is 2.14 bits per heavy atom.